The molecule has 164 valence electrons. The van der Waals surface area contributed by atoms with Crippen LogP contribution in [0.4, 0.5) is 5.69 Å². The number of rotatable bonds is 6. The molecule has 1 aliphatic rings. The lowest BCUT2D eigenvalue weighted by atomic mass is 9.98. The van der Waals surface area contributed by atoms with Crippen LogP contribution in [0, 0.1) is 5.92 Å². The number of aromatic nitrogens is 4. The second-order valence-corrected chi connectivity index (χ2v) is 9.63. The molecule has 0 unspecified atom stereocenters. The summed E-state index contributed by atoms with van der Waals surface area (Å²) < 4.78 is 27.8. The molecule has 2 aromatic heterocycles. The van der Waals surface area contributed by atoms with Crippen molar-refractivity contribution in [3.05, 3.63) is 47.1 Å². The molecule has 1 atom stereocenters. The molecule has 1 aromatic carbocycles. The summed E-state index contributed by atoms with van der Waals surface area (Å²) in [4.78, 5) is 31.7. The molecular weight excluding hydrogens is 420 g/mol. The third kappa shape index (κ3) is 4.23. The number of para-hydroxylation sites is 2. The van der Waals surface area contributed by atoms with E-state index in [9.17, 15) is 18.0 Å². The zero-order chi connectivity index (χ0) is 22.0. The van der Waals surface area contributed by atoms with Gasteiger partial charge >= 0.3 is 0 Å². The van der Waals surface area contributed by atoms with Crippen molar-refractivity contribution in [2.45, 2.75) is 26.2 Å². The molecule has 31 heavy (non-hydrogen) atoms. The van der Waals surface area contributed by atoms with E-state index in [1.807, 2.05) is 6.92 Å². The number of nitrogens with one attached hydrogen (secondary N) is 2. The molecule has 1 amide bonds. The Balaban J connectivity index is 1.59. The van der Waals surface area contributed by atoms with Gasteiger partial charge in [-0.05, 0) is 31.4 Å². The van der Waals surface area contributed by atoms with E-state index in [1.54, 1.807) is 24.3 Å². The molecule has 1 aliphatic heterocycles. The van der Waals surface area contributed by atoms with Crippen LogP contribution < -0.4 is 10.9 Å². The van der Waals surface area contributed by atoms with Crippen LogP contribution in [0.3, 0.4) is 0 Å². The second kappa shape index (κ2) is 8.60. The average molecular weight is 445 g/mol. The van der Waals surface area contributed by atoms with Crippen molar-refractivity contribution >= 4 is 32.7 Å². The monoisotopic (exact) mass is 444 g/mol. The lowest BCUT2D eigenvalue weighted by molar-refractivity contribution is -0.120. The number of aromatic amines is 1. The van der Waals surface area contributed by atoms with Crippen LogP contribution in [-0.4, -0.2) is 57.2 Å². The number of sulfonamides is 1. The number of hydrogen-bond acceptors (Lipinski definition) is 6. The topological polar surface area (TPSA) is 130 Å². The standard InChI is InChI=1S/C20H24N6O4S/c1-2-10-31(29,30)25-9-5-6-14(12-25)19(27)24-16-7-3-4-8-17(16)26-18-15(11-23-26)20(28)22-13-21-18/h3-4,7-8,11,13-14H,2,5-6,9-10,12H2,1H3,(H,24,27)(H,21,22,28)/t14-/m1/s1. The van der Waals surface area contributed by atoms with Gasteiger partial charge in [0.05, 0.1) is 35.6 Å². The fourth-order valence-electron chi connectivity index (χ4n) is 3.83. The summed E-state index contributed by atoms with van der Waals surface area (Å²) in [5.74, 6) is -0.599. The Morgan fingerprint density at radius 3 is 2.94 bits per heavy atom. The highest BCUT2D eigenvalue weighted by Gasteiger charge is 2.32. The molecule has 3 heterocycles. The quantitative estimate of drug-likeness (QED) is 0.593. The largest absolute Gasteiger partial charge is 0.324 e. The molecule has 1 saturated heterocycles. The maximum absolute atomic E-state index is 13.0. The number of fused-ring (bicyclic) bond motifs is 1. The molecule has 1 fully saturated rings. The molecule has 0 radical (unpaired) electrons. The van der Waals surface area contributed by atoms with Crippen LogP contribution in [0.5, 0.6) is 0 Å². The summed E-state index contributed by atoms with van der Waals surface area (Å²) in [6.07, 6.45) is 4.53. The Kier molecular flexibility index (Phi) is 5.88. The number of carbonyl (C=O) groups excluding carboxylic acids is 1. The first-order valence-corrected chi connectivity index (χ1v) is 11.8. The summed E-state index contributed by atoms with van der Waals surface area (Å²) in [5.41, 5.74) is 1.15. The highest BCUT2D eigenvalue weighted by Crippen LogP contribution is 2.25. The molecule has 0 spiro atoms. The highest BCUT2D eigenvalue weighted by atomic mass is 32.2. The van der Waals surface area contributed by atoms with Crippen molar-refractivity contribution < 1.29 is 13.2 Å². The van der Waals surface area contributed by atoms with E-state index in [-0.39, 0.29) is 23.8 Å². The zero-order valence-electron chi connectivity index (χ0n) is 17.1. The van der Waals surface area contributed by atoms with Gasteiger partial charge in [-0.25, -0.2) is 22.4 Å². The van der Waals surface area contributed by atoms with Gasteiger partial charge in [0.15, 0.2) is 5.65 Å². The van der Waals surface area contributed by atoms with Crippen molar-refractivity contribution in [3.63, 3.8) is 0 Å². The normalized spacial score (nSPS) is 17.6. The number of nitrogens with zero attached hydrogens (tertiary/aromatic N) is 4. The third-order valence-corrected chi connectivity index (χ3v) is 7.41. The fraction of sp³-hybridized carbons (Fsp3) is 0.400. The van der Waals surface area contributed by atoms with Crippen LogP contribution in [0.1, 0.15) is 26.2 Å². The molecule has 11 heteroatoms. The van der Waals surface area contributed by atoms with Gasteiger partial charge in [-0.15, -0.1) is 0 Å². The third-order valence-electron chi connectivity index (χ3n) is 5.37. The molecule has 0 aliphatic carbocycles. The Morgan fingerprint density at radius 1 is 1.32 bits per heavy atom. The van der Waals surface area contributed by atoms with Crippen molar-refractivity contribution in [1.82, 2.24) is 24.1 Å². The van der Waals surface area contributed by atoms with Gasteiger partial charge in [0.1, 0.15) is 5.39 Å². The number of piperidine rings is 1. The summed E-state index contributed by atoms with van der Waals surface area (Å²) in [5, 5.41) is 7.52. The molecular formula is C20H24N6O4S. The summed E-state index contributed by atoms with van der Waals surface area (Å²) >= 11 is 0. The number of hydrogen-bond donors (Lipinski definition) is 2. The van der Waals surface area contributed by atoms with Crippen molar-refractivity contribution in [2.24, 2.45) is 5.92 Å². The Morgan fingerprint density at radius 2 is 2.13 bits per heavy atom. The van der Waals surface area contributed by atoms with E-state index in [1.165, 1.54) is 21.5 Å². The second-order valence-electron chi connectivity index (χ2n) is 7.54. The van der Waals surface area contributed by atoms with Crippen LogP contribution in [0.15, 0.2) is 41.6 Å². The van der Waals surface area contributed by atoms with E-state index in [0.717, 1.165) is 0 Å². The van der Waals surface area contributed by atoms with Gasteiger partial charge < -0.3 is 10.3 Å². The highest BCUT2D eigenvalue weighted by molar-refractivity contribution is 7.89. The van der Waals surface area contributed by atoms with Gasteiger partial charge in [0, 0.05) is 13.1 Å². The predicted octanol–water partition coefficient (Wildman–Crippen LogP) is 1.50. The van der Waals surface area contributed by atoms with Crippen LogP contribution in [-0.2, 0) is 14.8 Å². The van der Waals surface area contributed by atoms with Crippen molar-refractivity contribution in [2.75, 3.05) is 24.2 Å². The lowest BCUT2D eigenvalue weighted by Crippen LogP contribution is -2.44. The van der Waals surface area contributed by atoms with Crippen LogP contribution in [0.25, 0.3) is 16.7 Å². The minimum absolute atomic E-state index is 0.0860. The smallest absolute Gasteiger partial charge is 0.261 e. The van der Waals surface area contributed by atoms with Gasteiger partial charge in [0.25, 0.3) is 5.56 Å². The number of carbonyl (C=O) groups is 1. The van der Waals surface area contributed by atoms with E-state index in [4.69, 9.17) is 0 Å². The minimum Gasteiger partial charge on any atom is -0.324 e. The fourth-order valence-corrected chi connectivity index (χ4v) is 5.42. The maximum atomic E-state index is 13.0. The lowest BCUT2D eigenvalue weighted by Gasteiger charge is -2.31. The Bertz CT molecular complexity index is 1270. The Labute approximate surface area is 179 Å². The van der Waals surface area contributed by atoms with E-state index in [2.05, 4.69) is 20.4 Å². The maximum Gasteiger partial charge on any atom is 0.261 e. The number of H-pyrrole nitrogens is 1. The molecule has 3 aromatic rings. The van der Waals surface area contributed by atoms with E-state index in [0.29, 0.717) is 48.2 Å². The molecule has 0 bridgehead atoms. The molecule has 2 N–H and O–H groups in total. The van der Waals surface area contributed by atoms with Gasteiger partial charge in [-0.2, -0.15) is 5.10 Å². The van der Waals surface area contributed by atoms with Gasteiger partial charge in [-0.3, -0.25) is 9.59 Å². The van der Waals surface area contributed by atoms with Gasteiger partial charge in [-0.1, -0.05) is 19.1 Å². The first kappa shape index (κ1) is 21.2. The number of anilines is 1. The first-order valence-electron chi connectivity index (χ1n) is 10.2. The van der Waals surface area contributed by atoms with E-state index >= 15 is 0 Å². The molecule has 0 saturated carbocycles. The molecule has 4 rings (SSSR count). The van der Waals surface area contributed by atoms with E-state index < -0.39 is 15.9 Å². The van der Waals surface area contributed by atoms with Crippen molar-refractivity contribution in [3.8, 4) is 5.69 Å². The minimum atomic E-state index is -3.35. The van der Waals surface area contributed by atoms with Gasteiger partial charge in [0.2, 0.25) is 15.9 Å². The SMILES string of the molecule is CCCS(=O)(=O)N1CCC[C@@H](C(=O)Nc2ccccc2-n2ncc3c(=O)[nH]cnc32)C1. The molecule has 10 nitrogen and oxygen atoms in total. The number of benzene rings is 1. The van der Waals surface area contributed by atoms with Crippen LogP contribution >= 0.6 is 0 Å². The predicted molar refractivity (Wildman–Crippen MR) is 116 cm³/mol. The zero-order valence-corrected chi connectivity index (χ0v) is 17.9. The average Bonchev–Trinajstić information content (AvgIpc) is 3.19. The summed E-state index contributed by atoms with van der Waals surface area (Å²) in [6, 6.07) is 7.08. The summed E-state index contributed by atoms with van der Waals surface area (Å²) in [7, 11) is -3.35. The summed E-state index contributed by atoms with van der Waals surface area (Å²) in [6.45, 7) is 2.45. The Hall–Kier alpha value is -3.05. The number of amides is 1. The first-order chi connectivity index (χ1) is 14.9. The van der Waals surface area contributed by atoms with Crippen molar-refractivity contribution in [1.29, 1.82) is 0 Å². The van der Waals surface area contributed by atoms with Crippen LogP contribution in [0.2, 0.25) is 0 Å².